The van der Waals surface area contributed by atoms with Gasteiger partial charge < -0.3 is 10.1 Å². The summed E-state index contributed by atoms with van der Waals surface area (Å²) in [6, 6.07) is 8.07. The second kappa shape index (κ2) is 7.41. The van der Waals surface area contributed by atoms with E-state index in [4.69, 9.17) is 4.74 Å². The molecule has 0 saturated heterocycles. The minimum absolute atomic E-state index is 0.199. The molecule has 0 aliphatic carbocycles. The predicted octanol–water partition coefficient (Wildman–Crippen LogP) is 2.14. The summed E-state index contributed by atoms with van der Waals surface area (Å²) in [5.74, 6) is -0.199. The minimum atomic E-state index is -0.199. The van der Waals surface area contributed by atoms with Crippen molar-refractivity contribution >= 4 is 21.9 Å². The van der Waals surface area contributed by atoms with Crippen LogP contribution in [-0.2, 0) is 16.0 Å². The van der Waals surface area contributed by atoms with Crippen LogP contribution in [0.3, 0.4) is 0 Å². The van der Waals surface area contributed by atoms with Crippen molar-refractivity contribution in [3.63, 3.8) is 0 Å². The third-order valence-electron chi connectivity index (χ3n) is 2.10. The quantitative estimate of drug-likeness (QED) is 0.643. The first-order chi connectivity index (χ1) is 7.74. The maximum absolute atomic E-state index is 11.0. The van der Waals surface area contributed by atoms with Gasteiger partial charge in [-0.1, -0.05) is 34.1 Å². The molecule has 0 bridgehead atoms. The van der Waals surface area contributed by atoms with Crippen LogP contribution < -0.4 is 5.32 Å². The molecule has 0 atom stereocenters. The van der Waals surface area contributed by atoms with Crippen LogP contribution in [0.2, 0.25) is 0 Å². The number of rotatable bonds is 6. The van der Waals surface area contributed by atoms with E-state index >= 15 is 0 Å². The molecule has 0 spiro atoms. The molecule has 3 nitrogen and oxygen atoms in total. The number of esters is 1. The van der Waals surface area contributed by atoms with E-state index in [0.29, 0.717) is 6.61 Å². The Morgan fingerprint density at radius 3 is 2.88 bits per heavy atom. The summed E-state index contributed by atoms with van der Waals surface area (Å²) in [5.41, 5.74) is 1.24. The molecule has 0 unspecified atom stereocenters. The largest absolute Gasteiger partial charge is 0.465 e. The summed E-state index contributed by atoms with van der Waals surface area (Å²) in [4.78, 5) is 11.0. The molecule has 0 aliphatic heterocycles. The average molecular weight is 286 g/mol. The summed E-state index contributed by atoms with van der Waals surface area (Å²) in [7, 11) is 0. The zero-order valence-electron chi connectivity index (χ0n) is 9.33. The van der Waals surface area contributed by atoms with Crippen molar-refractivity contribution in [2.45, 2.75) is 13.3 Å². The lowest BCUT2D eigenvalue weighted by atomic mass is 10.1. The summed E-state index contributed by atoms with van der Waals surface area (Å²) >= 11 is 3.48. The van der Waals surface area contributed by atoms with E-state index < -0.39 is 0 Å². The van der Waals surface area contributed by atoms with Gasteiger partial charge in [0.15, 0.2) is 0 Å². The van der Waals surface area contributed by atoms with Gasteiger partial charge in [-0.2, -0.15) is 0 Å². The topological polar surface area (TPSA) is 38.3 Å². The van der Waals surface area contributed by atoms with E-state index in [9.17, 15) is 4.79 Å². The maximum Gasteiger partial charge on any atom is 0.319 e. The summed E-state index contributed by atoms with van der Waals surface area (Å²) in [6.45, 7) is 3.28. The zero-order valence-corrected chi connectivity index (χ0v) is 10.9. The molecule has 0 aromatic heterocycles. The van der Waals surface area contributed by atoms with Crippen LogP contribution in [0, 0.1) is 0 Å². The smallest absolute Gasteiger partial charge is 0.319 e. The molecule has 1 aromatic rings. The molecule has 0 radical (unpaired) electrons. The fourth-order valence-corrected chi connectivity index (χ4v) is 1.81. The first-order valence-corrected chi connectivity index (χ1v) is 6.13. The van der Waals surface area contributed by atoms with Crippen LogP contribution in [0.5, 0.6) is 0 Å². The van der Waals surface area contributed by atoms with Crippen LogP contribution in [0.1, 0.15) is 12.5 Å². The zero-order chi connectivity index (χ0) is 11.8. The van der Waals surface area contributed by atoms with Crippen LogP contribution >= 0.6 is 15.9 Å². The minimum Gasteiger partial charge on any atom is -0.465 e. The molecular formula is C12H16BrNO2. The third-order valence-corrected chi connectivity index (χ3v) is 2.88. The molecule has 0 aliphatic rings. The van der Waals surface area contributed by atoms with Crippen molar-refractivity contribution in [3.8, 4) is 0 Å². The highest BCUT2D eigenvalue weighted by atomic mass is 79.9. The van der Waals surface area contributed by atoms with Crippen molar-refractivity contribution in [2.24, 2.45) is 0 Å². The van der Waals surface area contributed by atoms with Gasteiger partial charge in [0, 0.05) is 4.47 Å². The standard InChI is InChI=1S/C12H16BrNO2/c1-2-16-12(15)9-14-8-7-10-5-3-4-6-11(10)13/h3-6,14H,2,7-9H2,1H3. The molecule has 4 heteroatoms. The van der Waals surface area contributed by atoms with Crippen molar-refractivity contribution < 1.29 is 9.53 Å². The molecule has 1 aromatic carbocycles. The number of carbonyl (C=O) groups excluding carboxylic acids is 1. The molecule has 0 saturated carbocycles. The number of ether oxygens (including phenoxy) is 1. The van der Waals surface area contributed by atoms with Crippen molar-refractivity contribution in [1.82, 2.24) is 5.32 Å². The Kier molecular flexibility index (Phi) is 6.11. The highest BCUT2D eigenvalue weighted by Crippen LogP contribution is 2.15. The number of carbonyl (C=O) groups is 1. The van der Waals surface area contributed by atoms with Gasteiger partial charge in [-0.3, -0.25) is 4.79 Å². The lowest BCUT2D eigenvalue weighted by Crippen LogP contribution is -2.26. The van der Waals surface area contributed by atoms with Gasteiger partial charge >= 0.3 is 5.97 Å². The highest BCUT2D eigenvalue weighted by molar-refractivity contribution is 9.10. The van der Waals surface area contributed by atoms with E-state index in [0.717, 1.165) is 17.4 Å². The Labute approximate surface area is 104 Å². The van der Waals surface area contributed by atoms with Gasteiger partial charge in [0.1, 0.15) is 0 Å². The Morgan fingerprint density at radius 2 is 2.19 bits per heavy atom. The van der Waals surface area contributed by atoms with Crippen molar-refractivity contribution in [3.05, 3.63) is 34.3 Å². The Morgan fingerprint density at radius 1 is 1.44 bits per heavy atom. The molecule has 88 valence electrons. The lowest BCUT2D eigenvalue weighted by molar-refractivity contribution is -0.141. The van der Waals surface area contributed by atoms with E-state index in [1.165, 1.54) is 5.56 Å². The van der Waals surface area contributed by atoms with Crippen molar-refractivity contribution in [1.29, 1.82) is 0 Å². The monoisotopic (exact) mass is 285 g/mol. The number of halogens is 1. The Bertz CT molecular complexity index is 342. The van der Waals surface area contributed by atoms with E-state index in [2.05, 4.69) is 27.3 Å². The summed E-state index contributed by atoms with van der Waals surface area (Å²) in [6.07, 6.45) is 0.890. The molecule has 0 heterocycles. The first-order valence-electron chi connectivity index (χ1n) is 5.33. The Balaban J connectivity index is 2.21. The first kappa shape index (κ1) is 13.2. The van der Waals surface area contributed by atoms with Crippen molar-refractivity contribution in [2.75, 3.05) is 19.7 Å². The number of hydrogen-bond acceptors (Lipinski definition) is 3. The van der Waals surface area contributed by atoms with Gasteiger partial charge in [-0.05, 0) is 31.5 Å². The second-order valence-electron chi connectivity index (χ2n) is 3.32. The third kappa shape index (κ3) is 4.77. The van der Waals surface area contributed by atoms with Gasteiger partial charge in [0.05, 0.1) is 13.2 Å². The number of nitrogens with one attached hydrogen (secondary N) is 1. The molecule has 0 fully saturated rings. The predicted molar refractivity (Wildman–Crippen MR) is 67.3 cm³/mol. The maximum atomic E-state index is 11.0. The summed E-state index contributed by atoms with van der Waals surface area (Å²) < 4.78 is 5.91. The van der Waals surface area contributed by atoms with Gasteiger partial charge in [-0.25, -0.2) is 0 Å². The highest BCUT2D eigenvalue weighted by Gasteiger charge is 2.01. The molecule has 1 N–H and O–H groups in total. The summed E-state index contributed by atoms with van der Waals surface area (Å²) in [5, 5.41) is 3.05. The van der Waals surface area contributed by atoms with Crippen LogP contribution in [0.25, 0.3) is 0 Å². The van der Waals surface area contributed by atoms with Crippen LogP contribution in [0.4, 0.5) is 0 Å². The molecular weight excluding hydrogens is 270 g/mol. The molecule has 0 amide bonds. The Hall–Kier alpha value is -0.870. The van der Waals surface area contributed by atoms with Crippen LogP contribution in [-0.4, -0.2) is 25.7 Å². The fraction of sp³-hybridized carbons (Fsp3) is 0.417. The van der Waals surface area contributed by atoms with E-state index in [1.807, 2.05) is 18.2 Å². The second-order valence-corrected chi connectivity index (χ2v) is 4.18. The normalized spacial score (nSPS) is 10.1. The number of benzene rings is 1. The van der Waals surface area contributed by atoms with Gasteiger partial charge in [0.2, 0.25) is 0 Å². The van der Waals surface area contributed by atoms with Gasteiger partial charge in [-0.15, -0.1) is 0 Å². The van der Waals surface area contributed by atoms with Gasteiger partial charge in [0.25, 0.3) is 0 Å². The molecule has 1 rings (SSSR count). The van der Waals surface area contributed by atoms with Crippen LogP contribution in [0.15, 0.2) is 28.7 Å². The van der Waals surface area contributed by atoms with E-state index in [1.54, 1.807) is 6.92 Å². The van der Waals surface area contributed by atoms with E-state index in [-0.39, 0.29) is 12.5 Å². The average Bonchev–Trinajstić information content (AvgIpc) is 2.27. The number of hydrogen-bond donors (Lipinski definition) is 1. The lowest BCUT2D eigenvalue weighted by Gasteiger charge is -2.06. The SMILES string of the molecule is CCOC(=O)CNCCc1ccccc1Br. The fourth-order valence-electron chi connectivity index (χ4n) is 1.33. The molecule has 16 heavy (non-hydrogen) atoms.